The highest BCUT2D eigenvalue weighted by Crippen LogP contribution is 2.04. The molecule has 0 atom stereocenters. The van der Waals surface area contributed by atoms with Gasteiger partial charge < -0.3 is 16.0 Å². The Labute approximate surface area is 162 Å². The van der Waals surface area contributed by atoms with Gasteiger partial charge in [0.25, 0.3) is 0 Å². The molecule has 0 saturated heterocycles. The quantitative estimate of drug-likeness (QED) is 0.181. The van der Waals surface area contributed by atoms with Gasteiger partial charge in [0.15, 0.2) is 5.96 Å². The molecule has 1 aromatic rings. The number of benzene rings is 1. The fourth-order valence-corrected chi connectivity index (χ4v) is 1.83. The van der Waals surface area contributed by atoms with Crippen molar-refractivity contribution in [2.45, 2.75) is 33.2 Å². The van der Waals surface area contributed by atoms with Crippen molar-refractivity contribution >= 4 is 35.8 Å². The number of unbranched alkanes of at least 4 members (excludes halogenated alkanes) is 1. The van der Waals surface area contributed by atoms with Crippen molar-refractivity contribution in [3.05, 3.63) is 48.0 Å². The van der Waals surface area contributed by atoms with Crippen molar-refractivity contribution in [3.8, 4) is 0 Å². The van der Waals surface area contributed by atoms with E-state index >= 15 is 0 Å². The van der Waals surface area contributed by atoms with E-state index in [1.807, 2.05) is 0 Å². The molecular formula is C18H29IN4O. The first kappa shape index (κ1) is 22.4. The minimum Gasteiger partial charge on any atom is -0.356 e. The largest absolute Gasteiger partial charge is 0.356 e. The van der Waals surface area contributed by atoms with Gasteiger partial charge in [0.1, 0.15) is 0 Å². The zero-order valence-corrected chi connectivity index (χ0v) is 16.9. The molecule has 0 unspecified atom stereocenters. The van der Waals surface area contributed by atoms with Gasteiger partial charge in [0, 0.05) is 13.1 Å². The topological polar surface area (TPSA) is 65.5 Å². The number of rotatable bonds is 9. The lowest BCUT2D eigenvalue weighted by atomic mass is 10.1. The summed E-state index contributed by atoms with van der Waals surface area (Å²) in [7, 11) is 0. The number of guanidine groups is 1. The molecule has 1 amide bonds. The van der Waals surface area contributed by atoms with Crippen LogP contribution in [0, 0.1) is 6.92 Å². The van der Waals surface area contributed by atoms with Crippen LogP contribution in [0.15, 0.2) is 41.9 Å². The summed E-state index contributed by atoms with van der Waals surface area (Å²) in [6, 6.07) is 8.29. The Morgan fingerprint density at radius 2 is 1.92 bits per heavy atom. The molecule has 24 heavy (non-hydrogen) atoms. The average molecular weight is 444 g/mol. The van der Waals surface area contributed by atoms with E-state index in [0.29, 0.717) is 19.0 Å². The highest BCUT2D eigenvalue weighted by atomic mass is 127. The summed E-state index contributed by atoms with van der Waals surface area (Å²) in [5, 5.41) is 9.05. The number of nitrogens with zero attached hydrogens (tertiary/aromatic N) is 1. The van der Waals surface area contributed by atoms with E-state index in [4.69, 9.17) is 0 Å². The first-order valence-electron chi connectivity index (χ1n) is 8.11. The highest BCUT2D eigenvalue weighted by molar-refractivity contribution is 14.0. The van der Waals surface area contributed by atoms with Crippen LogP contribution in [-0.4, -0.2) is 31.5 Å². The first-order valence-corrected chi connectivity index (χ1v) is 8.11. The number of halogens is 1. The van der Waals surface area contributed by atoms with Crippen LogP contribution in [0.25, 0.3) is 0 Å². The van der Waals surface area contributed by atoms with Crippen molar-refractivity contribution < 1.29 is 4.79 Å². The van der Waals surface area contributed by atoms with E-state index in [-0.39, 0.29) is 36.4 Å². The Hall–Kier alpha value is -1.57. The minimum absolute atomic E-state index is 0. The first-order chi connectivity index (χ1) is 11.2. The number of hydrogen-bond donors (Lipinski definition) is 3. The van der Waals surface area contributed by atoms with Crippen molar-refractivity contribution in [1.29, 1.82) is 0 Å². The number of aliphatic imine (C=N–C) groups is 1. The molecule has 1 rings (SSSR count). The van der Waals surface area contributed by atoms with Gasteiger partial charge in [0.2, 0.25) is 5.91 Å². The van der Waals surface area contributed by atoms with Gasteiger partial charge in [-0.1, -0.05) is 49.2 Å². The number of nitrogens with one attached hydrogen (secondary N) is 3. The summed E-state index contributed by atoms with van der Waals surface area (Å²) in [6.07, 6.45) is 3.83. The number of carbonyl (C=O) groups excluding carboxylic acids is 1. The molecule has 1 aromatic carbocycles. The summed E-state index contributed by atoms with van der Waals surface area (Å²) in [5.41, 5.74) is 2.37. The van der Waals surface area contributed by atoms with E-state index in [2.05, 4.69) is 65.6 Å². The number of hydrogen-bond acceptors (Lipinski definition) is 2. The van der Waals surface area contributed by atoms with Gasteiger partial charge in [0.05, 0.1) is 13.1 Å². The van der Waals surface area contributed by atoms with Gasteiger partial charge in [-0.2, -0.15) is 0 Å². The lowest BCUT2D eigenvalue weighted by Gasteiger charge is -2.12. The third-order valence-electron chi connectivity index (χ3n) is 3.22. The molecule has 0 fully saturated rings. The highest BCUT2D eigenvalue weighted by Gasteiger charge is 2.03. The van der Waals surface area contributed by atoms with E-state index in [1.54, 1.807) is 6.08 Å². The molecule has 6 heteroatoms. The van der Waals surface area contributed by atoms with Crippen molar-refractivity contribution in [2.24, 2.45) is 4.99 Å². The van der Waals surface area contributed by atoms with Crippen LogP contribution in [-0.2, 0) is 11.3 Å². The Morgan fingerprint density at radius 1 is 1.21 bits per heavy atom. The second-order valence-corrected chi connectivity index (χ2v) is 5.38. The molecule has 0 heterocycles. The zero-order chi connectivity index (χ0) is 16.9. The number of carbonyl (C=O) groups is 1. The van der Waals surface area contributed by atoms with Crippen LogP contribution in [0.3, 0.4) is 0 Å². The van der Waals surface area contributed by atoms with Crippen molar-refractivity contribution in [3.63, 3.8) is 0 Å². The van der Waals surface area contributed by atoms with Crippen LogP contribution in [0.1, 0.15) is 30.9 Å². The predicted molar refractivity (Wildman–Crippen MR) is 112 cm³/mol. The van der Waals surface area contributed by atoms with Gasteiger partial charge in [-0.25, -0.2) is 4.99 Å². The number of amides is 1. The zero-order valence-electron chi connectivity index (χ0n) is 14.6. The summed E-state index contributed by atoms with van der Waals surface area (Å²) in [4.78, 5) is 16.2. The third kappa shape index (κ3) is 10.3. The second kappa shape index (κ2) is 13.8. The van der Waals surface area contributed by atoms with Gasteiger partial charge >= 0.3 is 0 Å². The van der Waals surface area contributed by atoms with Gasteiger partial charge in [-0.3, -0.25) is 4.79 Å². The Balaban J connectivity index is 0.00000529. The van der Waals surface area contributed by atoms with Crippen molar-refractivity contribution in [2.75, 3.05) is 19.6 Å². The fourth-order valence-electron chi connectivity index (χ4n) is 1.83. The van der Waals surface area contributed by atoms with E-state index < -0.39 is 0 Å². The van der Waals surface area contributed by atoms with E-state index in [1.165, 1.54) is 5.56 Å². The maximum Gasteiger partial charge on any atom is 0.239 e. The molecule has 0 aromatic heterocycles. The van der Waals surface area contributed by atoms with Crippen LogP contribution in [0.2, 0.25) is 0 Å². The third-order valence-corrected chi connectivity index (χ3v) is 3.22. The second-order valence-electron chi connectivity index (χ2n) is 5.38. The Bertz CT molecular complexity index is 514. The molecule has 5 nitrogen and oxygen atoms in total. The van der Waals surface area contributed by atoms with Crippen LogP contribution < -0.4 is 16.0 Å². The maximum atomic E-state index is 11.6. The molecule has 0 bridgehead atoms. The normalized spacial score (nSPS) is 10.5. The fraction of sp³-hybridized carbons (Fsp3) is 0.444. The van der Waals surface area contributed by atoms with Crippen LogP contribution in [0.4, 0.5) is 0 Å². The molecule has 0 aliphatic heterocycles. The van der Waals surface area contributed by atoms with Gasteiger partial charge in [-0.15, -0.1) is 30.6 Å². The van der Waals surface area contributed by atoms with Crippen LogP contribution >= 0.6 is 24.0 Å². The summed E-state index contributed by atoms with van der Waals surface area (Å²) in [6.45, 7) is 9.86. The molecule has 0 saturated carbocycles. The molecular weight excluding hydrogens is 415 g/mol. The van der Waals surface area contributed by atoms with Gasteiger partial charge in [-0.05, 0) is 18.9 Å². The minimum atomic E-state index is -0.0785. The smallest absolute Gasteiger partial charge is 0.239 e. The molecule has 0 radical (unpaired) electrons. The molecule has 0 aliphatic carbocycles. The average Bonchev–Trinajstić information content (AvgIpc) is 2.56. The summed E-state index contributed by atoms with van der Waals surface area (Å²) >= 11 is 0. The standard InChI is InChI=1S/C18H28N4O.HI/c1-4-6-12-20-18(22-14-17(23)19-11-5-2)21-13-16-9-7-15(3)8-10-16;/h5,7-10H,2,4,6,11-14H2,1,3H3,(H,19,23)(H2,20,21,22);1H. The monoisotopic (exact) mass is 444 g/mol. The van der Waals surface area contributed by atoms with E-state index in [9.17, 15) is 4.79 Å². The molecule has 3 N–H and O–H groups in total. The predicted octanol–water partition coefficient (Wildman–Crippen LogP) is 2.75. The molecule has 0 aliphatic rings. The van der Waals surface area contributed by atoms with Crippen LogP contribution in [0.5, 0.6) is 0 Å². The number of aryl methyl sites for hydroxylation is 1. The SMILES string of the molecule is C=CCNC(=O)CNC(=NCc1ccc(C)cc1)NCCCC.I. The lowest BCUT2D eigenvalue weighted by molar-refractivity contribution is -0.119. The molecule has 0 spiro atoms. The lowest BCUT2D eigenvalue weighted by Crippen LogP contribution is -2.43. The summed E-state index contributed by atoms with van der Waals surface area (Å²) < 4.78 is 0. The van der Waals surface area contributed by atoms with E-state index in [0.717, 1.165) is 24.9 Å². The van der Waals surface area contributed by atoms with Crippen molar-refractivity contribution in [1.82, 2.24) is 16.0 Å². The summed E-state index contributed by atoms with van der Waals surface area (Å²) in [5.74, 6) is 0.581. The Kier molecular flexibility index (Phi) is 12.9. The Morgan fingerprint density at radius 3 is 2.54 bits per heavy atom. The maximum absolute atomic E-state index is 11.6. The molecule has 134 valence electrons.